The number of pyridine rings is 1. The van der Waals surface area contributed by atoms with E-state index in [-0.39, 0.29) is 13.1 Å². The summed E-state index contributed by atoms with van der Waals surface area (Å²) in [7, 11) is 0. The van der Waals surface area contributed by atoms with Crippen LogP contribution in [0.2, 0.25) is 0 Å². The first kappa shape index (κ1) is 14.8. The molecule has 1 amide bonds. The molecule has 2 aromatic rings. The second-order valence-electron chi connectivity index (χ2n) is 4.12. The van der Waals surface area contributed by atoms with Crippen molar-refractivity contribution in [3.05, 3.63) is 59.5 Å². The van der Waals surface area contributed by atoms with Gasteiger partial charge in [-0.25, -0.2) is 13.8 Å². The van der Waals surface area contributed by atoms with Gasteiger partial charge < -0.3 is 10.6 Å². The van der Waals surface area contributed by atoms with E-state index in [1.54, 1.807) is 6.07 Å². The van der Waals surface area contributed by atoms with Crippen molar-refractivity contribution in [2.24, 2.45) is 0 Å². The highest BCUT2D eigenvalue weighted by molar-refractivity contribution is 5.94. The third-order valence-corrected chi connectivity index (χ3v) is 2.62. The van der Waals surface area contributed by atoms with Crippen molar-refractivity contribution >= 4 is 11.7 Å². The SMILES string of the molecule is O=C(NCCNc1cccc(F)n1)c1c(F)cccc1F. The van der Waals surface area contributed by atoms with E-state index in [9.17, 15) is 18.0 Å². The monoisotopic (exact) mass is 295 g/mol. The molecule has 0 spiro atoms. The minimum absolute atomic E-state index is 0.102. The van der Waals surface area contributed by atoms with Crippen molar-refractivity contribution in [1.29, 1.82) is 0 Å². The first-order valence-electron chi connectivity index (χ1n) is 6.16. The third kappa shape index (κ3) is 3.95. The number of aromatic nitrogens is 1. The molecule has 0 atom stereocenters. The number of amides is 1. The maximum absolute atomic E-state index is 13.4. The highest BCUT2D eigenvalue weighted by Gasteiger charge is 2.16. The molecule has 0 aliphatic rings. The van der Waals surface area contributed by atoms with Gasteiger partial charge in [0, 0.05) is 13.1 Å². The van der Waals surface area contributed by atoms with E-state index in [2.05, 4.69) is 15.6 Å². The van der Waals surface area contributed by atoms with Gasteiger partial charge in [-0.05, 0) is 24.3 Å². The van der Waals surface area contributed by atoms with Crippen LogP contribution in [-0.4, -0.2) is 24.0 Å². The Morgan fingerprint density at radius 1 is 1.00 bits per heavy atom. The Morgan fingerprint density at radius 3 is 2.33 bits per heavy atom. The van der Waals surface area contributed by atoms with Gasteiger partial charge in [0.25, 0.3) is 5.91 Å². The number of halogens is 3. The van der Waals surface area contributed by atoms with E-state index in [0.29, 0.717) is 5.82 Å². The van der Waals surface area contributed by atoms with Crippen LogP contribution in [0.5, 0.6) is 0 Å². The molecule has 2 N–H and O–H groups in total. The van der Waals surface area contributed by atoms with Gasteiger partial charge in [-0.3, -0.25) is 4.79 Å². The fourth-order valence-corrected chi connectivity index (χ4v) is 1.68. The maximum atomic E-state index is 13.4. The van der Waals surface area contributed by atoms with Gasteiger partial charge in [0.15, 0.2) is 0 Å². The molecule has 110 valence electrons. The summed E-state index contributed by atoms with van der Waals surface area (Å²) in [6.45, 7) is 0.336. The molecule has 0 saturated carbocycles. The van der Waals surface area contributed by atoms with Crippen LogP contribution in [0.25, 0.3) is 0 Å². The minimum atomic E-state index is -0.924. The Labute approximate surface area is 119 Å². The van der Waals surface area contributed by atoms with E-state index in [1.807, 2.05) is 0 Å². The lowest BCUT2D eigenvalue weighted by Gasteiger charge is -2.08. The summed E-state index contributed by atoms with van der Waals surface area (Å²) in [6, 6.07) is 7.44. The van der Waals surface area contributed by atoms with Crippen LogP contribution in [0.3, 0.4) is 0 Å². The molecule has 1 heterocycles. The van der Waals surface area contributed by atoms with Crippen molar-refractivity contribution in [2.45, 2.75) is 0 Å². The van der Waals surface area contributed by atoms with Crippen LogP contribution in [0.1, 0.15) is 10.4 Å². The van der Waals surface area contributed by atoms with Gasteiger partial charge in [-0.15, -0.1) is 0 Å². The molecule has 0 fully saturated rings. The van der Waals surface area contributed by atoms with Crippen LogP contribution >= 0.6 is 0 Å². The lowest BCUT2D eigenvalue weighted by Crippen LogP contribution is -2.30. The summed E-state index contributed by atoms with van der Waals surface area (Å²) < 4.78 is 39.5. The van der Waals surface area contributed by atoms with E-state index in [0.717, 1.165) is 12.1 Å². The zero-order valence-corrected chi connectivity index (χ0v) is 10.9. The topological polar surface area (TPSA) is 54.0 Å². The quantitative estimate of drug-likeness (QED) is 0.657. The molecule has 1 aromatic carbocycles. The molecular weight excluding hydrogens is 283 g/mol. The third-order valence-electron chi connectivity index (χ3n) is 2.62. The summed E-state index contributed by atoms with van der Waals surface area (Å²) in [6.07, 6.45) is 0. The van der Waals surface area contributed by atoms with Crippen molar-refractivity contribution < 1.29 is 18.0 Å². The molecule has 2 rings (SSSR count). The first-order chi connectivity index (χ1) is 10.1. The molecule has 0 saturated heterocycles. The average molecular weight is 295 g/mol. The normalized spacial score (nSPS) is 10.2. The fraction of sp³-hybridized carbons (Fsp3) is 0.143. The molecule has 1 aromatic heterocycles. The molecule has 7 heteroatoms. The van der Waals surface area contributed by atoms with Crippen molar-refractivity contribution in [3.8, 4) is 0 Å². The number of anilines is 1. The maximum Gasteiger partial charge on any atom is 0.257 e. The van der Waals surface area contributed by atoms with Crippen LogP contribution in [-0.2, 0) is 0 Å². The number of benzene rings is 1. The second kappa shape index (κ2) is 6.74. The average Bonchev–Trinajstić information content (AvgIpc) is 2.43. The molecule has 0 aliphatic carbocycles. The number of nitrogens with one attached hydrogen (secondary N) is 2. The van der Waals surface area contributed by atoms with Gasteiger partial charge in [-0.1, -0.05) is 12.1 Å². The van der Waals surface area contributed by atoms with Crippen molar-refractivity contribution in [1.82, 2.24) is 10.3 Å². The zero-order valence-electron chi connectivity index (χ0n) is 10.9. The Kier molecular flexibility index (Phi) is 4.76. The minimum Gasteiger partial charge on any atom is -0.368 e. The number of rotatable bonds is 5. The van der Waals surface area contributed by atoms with E-state index >= 15 is 0 Å². The predicted molar refractivity (Wildman–Crippen MR) is 71.4 cm³/mol. The van der Waals surface area contributed by atoms with Gasteiger partial charge in [0.2, 0.25) is 5.95 Å². The molecule has 21 heavy (non-hydrogen) atoms. The number of nitrogens with zero attached hydrogens (tertiary/aromatic N) is 1. The molecule has 0 unspecified atom stereocenters. The Hall–Kier alpha value is -2.57. The number of hydrogen-bond acceptors (Lipinski definition) is 3. The Morgan fingerprint density at radius 2 is 1.67 bits per heavy atom. The Bertz CT molecular complexity index is 629. The fourth-order valence-electron chi connectivity index (χ4n) is 1.68. The van der Waals surface area contributed by atoms with Gasteiger partial charge in [0.1, 0.15) is 23.0 Å². The summed E-state index contributed by atoms with van der Waals surface area (Å²) in [5, 5.41) is 5.13. The molecule has 4 nitrogen and oxygen atoms in total. The zero-order chi connectivity index (χ0) is 15.2. The van der Waals surface area contributed by atoms with Crippen LogP contribution in [0.4, 0.5) is 19.0 Å². The van der Waals surface area contributed by atoms with E-state index < -0.39 is 29.1 Å². The number of carbonyl (C=O) groups excluding carboxylic acids is 1. The highest BCUT2D eigenvalue weighted by Crippen LogP contribution is 2.11. The van der Waals surface area contributed by atoms with Crippen LogP contribution < -0.4 is 10.6 Å². The summed E-state index contributed by atoms with van der Waals surface area (Å²) in [4.78, 5) is 15.2. The number of carbonyl (C=O) groups is 1. The highest BCUT2D eigenvalue weighted by atomic mass is 19.1. The molecular formula is C14H12F3N3O. The second-order valence-corrected chi connectivity index (χ2v) is 4.12. The van der Waals surface area contributed by atoms with E-state index in [1.165, 1.54) is 18.2 Å². The lowest BCUT2D eigenvalue weighted by molar-refractivity contribution is 0.0946. The Balaban J connectivity index is 1.85. The van der Waals surface area contributed by atoms with Crippen LogP contribution in [0, 0.1) is 17.6 Å². The van der Waals surface area contributed by atoms with Crippen molar-refractivity contribution in [2.75, 3.05) is 18.4 Å². The molecule has 0 radical (unpaired) electrons. The standard InChI is InChI=1S/C14H12F3N3O/c15-9-3-1-4-10(16)13(9)14(21)19-8-7-18-12-6-2-5-11(17)20-12/h1-6H,7-8H2,(H,18,20)(H,19,21). The molecule has 0 bridgehead atoms. The summed E-state index contributed by atoms with van der Waals surface area (Å²) in [5.74, 6) is -3.02. The lowest BCUT2D eigenvalue weighted by atomic mass is 10.2. The van der Waals surface area contributed by atoms with Gasteiger partial charge in [0.05, 0.1) is 0 Å². The summed E-state index contributed by atoms with van der Waals surface area (Å²) >= 11 is 0. The number of hydrogen-bond donors (Lipinski definition) is 2. The van der Waals surface area contributed by atoms with Crippen molar-refractivity contribution in [3.63, 3.8) is 0 Å². The van der Waals surface area contributed by atoms with Crippen LogP contribution in [0.15, 0.2) is 36.4 Å². The molecule has 0 aliphatic heterocycles. The van der Waals surface area contributed by atoms with Gasteiger partial charge >= 0.3 is 0 Å². The smallest absolute Gasteiger partial charge is 0.257 e. The van der Waals surface area contributed by atoms with Gasteiger partial charge in [-0.2, -0.15) is 4.39 Å². The predicted octanol–water partition coefficient (Wildman–Crippen LogP) is 2.34. The van der Waals surface area contributed by atoms with E-state index in [4.69, 9.17) is 0 Å². The summed E-state index contributed by atoms with van der Waals surface area (Å²) in [5.41, 5.74) is -0.624. The largest absolute Gasteiger partial charge is 0.368 e. The first-order valence-corrected chi connectivity index (χ1v) is 6.16.